The van der Waals surface area contributed by atoms with E-state index in [9.17, 15) is 4.39 Å². The van der Waals surface area contributed by atoms with Gasteiger partial charge in [0.2, 0.25) is 0 Å². The van der Waals surface area contributed by atoms with Gasteiger partial charge in [0, 0.05) is 11.3 Å². The predicted octanol–water partition coefficient (Wildman–Crippen LogP) is 3.71. The Morgan fingerprint density at radius 3 is 2.67 bits per heavy atom. The number of thiocarbonyl (C=S) groups is 1. The average molecular weight is 340 g/mol. The second-order valence-electron chi connectivity index (χ2n) is 6.01. The monoisotopic (exact) mass is 340 g/mol. The number of aryl methyl sites for hydroxylation is 1. The van der Waals surface area contributed by atoms with E-state index in [1.165, 1.54) is 23.3 Å². The van der Waals surface area contributed by atoms with Crippen LogP contribution in [0.4, 0.5) is 4.39 Å². The third kappa shape index (κ3) is 2.55. The Hall–Kier alpha value is -2.40. The van der Waals surface area contributed by atoms with Crippen molar-refractivity contribution in [1.29, 1.82) is 0 Å². The van der Waals surface area contributed by atoms with E-state index in [-0.39, 0.29) is 11.9 Å². The van der Waals surface area contributed by atoms with Gasteiger partial charge in [-0.25, -0.2) is 4.39 Å². The van der Waals surface area contributed by atoms with Gasteiger partial charge in [-0.05, 0) is 72.1 Å². The van der Waals surface area contributed by atoms with Crippen LogP contribution in [0.3, 0.4) is 0 Å². The number of fused-ring (bicyclic) bond motifs is 2. The topological polar surface area (TPSA) is 33.3 Å². The van der Waals surface area contributed by atoms with Gasteiger partial charge in [-0.2, -0.15) is 0 Å². The summed E-state index contributed by atoms with van der Waals surface area (Å²) >= 11 is 5.40. The van der Waals surface area contributed by atoms with Gasteiger partial charge in [0.1, 0.15) is 11.6 Å². The molecule has 0 radical (unpaired) electrons. The molecule has 0 saturated heterocycles. The summed E-state index contributed by atoms with van der Waals surface area (Å²) in [5.41, 5.74) is 5.76. The van der Waals surface area contributed by atoms with Crippen molar-refractivity contribution in [3.63, 3.8) is 0 Å². The Balaban J connectivity index is 1.81. The van der Waals surface area contributed by atoms with Crippen molar-refractivity contribution in [1.82, 2.24) is 10.6 Å². The molecular formula is C19H17FN2OS. The molecule has 2 N–H and O–H groups in total. The molecule has 4 rings (SSSR count). The molecule has 5 heteroatoms. The highest BCUT2D eigenvalue weighted by atomic mass is 32.1. The number of hydrogen-bond acceptors (Lipinski definition) is 2. The zero-order chi connectivity index (χ0) is 16.7. The first kappa shape index (κ1) is 15.1. The minimum Gasteiger partial charge on any atom is -0.497 e. The van der Waals surface area contributed by atoms with Crippen LogP contribution in [0.25, 0.3) is 5.70 Å². The van der Waals surface area contributed by atoms with E-state index in [4.69, 9.17) is 17.0 Å². The Morgan fingerprint density at radius 2 is 1.92 bits per heavy atom. The van der Waals surface area contributed by atoms with E-state index in [0.717, 1.165) is 35.4 Å². The fourth-order valence-electron chi connectivity index (χ4n) is 3.46. The number of methoxy groups -OCH3 is 1. The van der Waals surface area contributed by atoms with Crippen molar-refractivity contribution in [3.8, 4) is 5.75 Å². The summed E-state index contributed by atoms with van der Waals surface area (Å²) in [6.07, 6.45) is 1.86. The van der Waals surface area contributed by atoms with Crippen molar-refractivity contribution in [2.24, 2.45) is 0 Å². The standard InChI is InChI=1S/C19H17FN2OS/c1-23-14-7-9-15-12(10-14)4-8-16-17(21-19(24)22-18(15)16)11-2-5-13(20)6-3-11/h2-3,5-7,9-10,17H,4,8H2,1H3,(H2,21,22,24). The zero-order valence-electron chi connectivity index (χ0n) is 13.2. The van der Waals surface area contributed by atoms with Gasteiger partial charge in [-0.15, -0.1) is 0 Å². The van der Waals surface area contributed by atoms with Crippen LogP contribution in [0, 0.1) is 5.82 Å². The normalized spacial score (nSPS) is 19.1. The number of benzene rings is 2. The minimum atomic E-state index is -0.231. The number of halogens is 1. The number of rotatable bonds is 2. The highest BCUT2D eigenvalue weighted by Crippen LogP contribution is 2.39. The molecule has 1 heterocycles. The van der Waals surface area contributed by atoms with Crippen LogP contribution in [0.1, 0.15) is 29.2 Å². The first-order valence-corrected chi connectivity index (χ1v) is 8.30. The summed E-state index contributed by atoms with van der Waals surface area (Å²) in [7, 11) is 1.68. The third-order valence-corrected chi connectivity index (χ3v) is 4.85. The van der Waals surface area contributed by atoms with Gasteiger partial charge in [0.25, 0.3) is 0 Å². The molecule has 122 valence electrons. The van der Waals surface area contributed by atoms with Crippen LogP contribution in [0.5, 0.6) is 5.75 Å². The lowest BCUT2D eigenvalue weighted by Gasteiger charge is -2.35. The molecule has 1 unspecified atom stereocenters. The largest absolute Gasteiger partial charge is 0.497 e. The summed E-state index contributed by atoms with van der Waals surface area (Å²) in [5, 5.41) is 7.22. The molecule has 2 aromatic rings. The fourth-order valence-corrected chi connectivity index (χ4v) is 3.68. The van der Waals surface area contributed by atoms with Crippen molar-refractivity contribution in [2.75, 3.05) is 7.11 Å². The quantitative estimate of drug-likeness (QED) is 0.817. The van der Waals surface area contributed by atoms with Crippen molar-refractivity contribution in [2.45, 2.75) is 18.9 Å². The van der Waals surface area contributed by atoms with Crippen LogP contribution in [-0.4, -0.2) is 12.2 Å². The van der Waals surface area contributed by atoms with Gasteiger partial charge in [-0.3, -0.25) is 0 Å². The molecule has 2 aromatic carbocycles. The fraction of sp³-hybridized carbons (Fsp3) is 0.211. The first-order valence-electron chi connectivity index (χ1n) is 7.89. The molecule has 1 atom stereocenters. The molecule has 1 aliphatic heterocycles. The van der Waals surface area contributed by atoms with Crippen LogP contribution in [0.15, 0.2) is 48.0 Å². The summed E-state index contributed by atoms with van der Waals surface area (Å²) in [6, 6.07) is 12.7. The lowest BCUT2D eigenvalue weighted by molar-refractivity contribution is 0.414. The first-order chi connectivity index (χ1) is 11.7. The minimum absolute atomic E-state index is 0.0235. The van der Waals surface area contributed by atoms with Gasteiger partial charge in [0.15, 0.2) is 5.11 Å². The van der Waals surface area contributed by atoms with E-state index in [1.807, 2.05) is 18.2 Å². The second kappa shape index (κ2) is 5.91. The number of nitrogens with one attached hydrogen (secondary N) is 2. The van der Waals surface area contributed by atoms with Crippen molar-refractivity contribution >= 4 is 23.0 Å². The SMILES string of the molecule is COc1ccc2c(c1)CCC1=C2NC(=S)NC1c1ccc(F)cc1. The lowest BCUT2D eigenvalue weighted by Crippen LogP contribution is -2.44. The summed E-state index contributed by atoms with van der Waals surface area (Å²) in [4.78, 5) is 0. The van der Waals surface area contributed by atoms with Gasteiger partial charge in [-0.1, -0.05) is 12.1 Å². The van der Waals surface area contributed by atoms with Crippen LogP contribution >= 0.6 is 12.2 Å². The van der Waals surface area contributed by atoms with Crippen LogP contribution in [-0.2, 0) is 6.42 Å². The van der Waals surface area contributed by atoms with Crippen molar-refractivity contribution < 1.29 is 9.13 Å². The van der Waals surface area contributed by atoms with E-state index in [1.54, 1.807) is 7.11 Å². The summed E-state index contributed by atoms with van der Waals surface area (Å²) in [5.74, 6) is 0.634. The smallest absolute Gasteiger partial charge is 0.171 e. The maximum absolute atomic E-state index is 13.2. The summed E-state index contributed by atoms with van der Waals surface area (Å²) < 4.78 is 18.6. The molecule has 0 bridgehead atoms. The predicted molar refractivity (Wildman–Crippen MR) is 96.2 cm³/mol. The molecule has 0 saturated carbocycles. The van der Waals surface area contributed by atoms with E-state index in [0.29, 0.717) is 5.11 Å². The highest BCUT2D eigenvalue weighted by Gasteiger charge is 2.30. The maximum atomic E-state index is 13.2. The van der Waals surface area contributed by atoms with E-state index >= 15 is 0 Å². The molecule has 0 spiro atoms. The maximum Gasteiger partial charge on any atom is 0.171 e. The average Bonchev–Trinajstić information content (AvgIpc) is 2.61. The Kier molecular flexibility index (Phi) is 3.73. The van der Waals surface area contributed by atoms with E-state index in [2.05, 4.69) is 22.8 Å². The molecule has 24 heavy (non-hydrogen) atoms. The highest BCUT2D eigenvalue weighted by molar-refractivity contribution is 7.80. The molecule has 0 fully saturated rings. The Labute approximate surface area is 145 Å². The molecule has 0 amide bonds. The molecule has 1 aliphatic carbocycles. The molecule has 3 nitrogen and oxygen atoms in total. The summed E-state index contributed by atoms with van der Waals surface area (Å²) in [6.45, 7) is 0. The molecule has 0 aromatic heterocycles. The van der Waals surface area contributed by atoms with Gasteiger partial charge >= 0.3 is 0 Å². The Bertz CT molecular complexity index is 845. The van der Waals surface area contributed by atoms with Crippen molar-refractivity contribution in [3.05, 3.63) is 70.5 Å². The molecular weight excluding hydrogens is 323 g/mol. The Morgan fingerprint density at radius 1 is 1.12 bits per heavy atom. The number of hydrogen-bond donors (Lipinski definition) is 2. The lowest BCUT2D eigenvalue weighted by atomic mass is 9.83. The third-order valence-electron chi connectivity index (χ3n) is 4.63. The van der Waals surface area contributed by atoms with Crippen LogP contribution in [0.2, 0.25) is 0 Å². The van der Waals surface area contributed by atoms with E-state index < -0.39 is 0 Å². The number of ether oxygens (including phenoxy) is 1. The molecule has 2 aliphatic rings. The van der Waals surface area contributed by atoms with Crippen LogP contribution < -0.4 is 15.4 Å². The zero-order valence-corrected chi connectivity index (χ0v) is 14.0. The van der Waals surface area contributed by atoms with Gasteiger partial charge in [0.05, 0.1) is 13.2 Å². The second-order valence-corrected chi connectivity index (χ2v) is 6.41. The van der Waals surface area contributed by atoms with Gasteiger partial charge < -0.3 is 15.4 Å².